The number of allylic oxidation sites excluding steroid dienone is 8. The summed E-state index contributed by atoms with van der Waals surface area (Å²) < 4.78 is 5.51. The van der Waals surface area contributed by atoms with Gasteiger partial charge in [0.25, 0.3) is 0 Å². The molecule has 0 fully saturated rings. The third kappa shape index (κ3) is 80.8. The SMILES string of the molecule is CCCCCC/C=C\C/C=C\CCCCCCCCCC(=O)OCCCCCCCCCCCCCCCCC/C=C\C/C=C\CCCCCCCCCCCCCCCCCCCC(=O)NC(CO)C(O)CCCCCCCCCCCCCCCCCCCCCCCC. The average Bonchev–Trinajstić information content (AvgIpc) is 2.36. The van der Waals surface area contributed by atoms with Crippen LogP contribution in [0.2, 0.25) is 0 Å². The normalized spacial score (nSPS) is 12.7. The number of carbonyl (C=O) groups is 2. The Morgan fingerprint density at radius 1 is 0.292 bits per heavy atom. The third-order valence-electron chi connectivity index (χ3n) is 20.6. The van der Waals surface area contributed by atoms with Crippen LogP contribution in [0.25, 0.3) is 0 Å². The molecule has 0 aliphatic carbocycles. The lowest BCUT2D eigenvalue weighted by Crippen LogP contribution is -2.45. The molecule has 0 rings (SSSR count). The van der Waals surface area contributed by atoms with Gasteiger partial charge >= 0.3 is 5.97 Å². The van der Waals surface area contributed by atoms with Crippen LogP contribution in [0, 0.1) is 0 Å². The highest BCUT2D eigenvalue weighted by atomic mass is 16.5. The van der Waals surface area contributed by atoms with Gasteiger partial charge in [0, 0.05) is 12.8 Å². The maximum absolute atomic E-state index is 12.6. The van der Waals surface area contributed by atoms with Gasteiger partial charge in [0.1, 0.15) is 0 Å². The number of carbonyl (C=O) groups excluding carboxylic acids is 2. The summed E-state index contributed by atoms with van der Waals surface area (Å²) in [5.74, 6) is -0.0128. The molecule has 0 saturated heterocycles. The number of hydrogen-bond donors (Lipinski definition) is 3. The predicted molar refractivity (Wildman–Crippen MR) is 426 cm³/mol. The van der Waals surface area contributed by atoms with Crippen LogP contribution in [-0.2, 0) is 14.3 Å². The zero-order valence-electron chi connectivity index (χ0n) is 65.1. The van der Waals surface area contributed by atoms with Crippen molar-refractivity contribution in [3.05, 3.63) is 48.6 Å². The highest BCUT2D eigenvalue weighted by Gasteiger charge is 2.20. The van der Waals surface area contributed by atoms with Crippen LogP contribution in [0.15, 0.2) is 48.6 Å². The van der Waals surface area contributed by atoms with Crippen LogP contribution in [0.3, 0.4) is 0 Å². The zero-order chi connectivity index (χ0) is 69.1. The Labute approximate surface area is 601 Å². The summed E-state index contributed by atoms with van der Waals surface area (Å²) in [4.78, 5) is 24.7. The summed E-state index contributed by atoms with van der Waals surface area (Å²) >= 11 is 0. The first-order chi connectivity index (χ1) is 47.5. The van der Waals surface area contributed by atoms with E-state index in [0.717, 1.165) is 57.8 Å². The Morgan fingerprint density at radius 3 is 0.802 bits per heavy atom. The Morgan fingerprint density at radius 2 is 0.521 bits per heavy atom. The number of hydrogen-bond acceptors (Lipinski definition) is 5. The molecular weight excluding hydrogens is 1170 g/mol. The van der Waals surface area contributed by atoms with Crippen LogP contribution in [0.5, 0.6) is 0 Å². The van der Waals surface area contributed by atoms with Crippen molar-refractivity contribution in [1.82, 2.24) is 5.32 Å². The van der Waals surface area contributed by atoms with E-state index < -0.39 is 12.1 Å². The highest BCUT2D eigenvalue weighted by molar-refractivity contribution is 5.76. The largest absolute Gasteiger partial charge is 0.466 e. The molecule has 0 radical (unpaired) electrons. The zero-order valence-corrected chi connectivity index (χ0v) is 65.1. The molecule has 0 spiro atoms. The fourth-order valence-corrected chi connectivity index (χ4v) is 13.9. The highest BCUT2D eigenvalue weighted by Crippen LogP contribution is 2.21. The fraction of sp³-hybridized carbons (Fsp3) is 0.889. The Kier molecular flexibility index (Phi) is 83.3. The van der Waals surface area contributed by atoms with Gasteiger partial charge < -0.3 is 20.3 Å². The van der Waals surface area contributed by atoms with E-state index >= 15 is 0 Å². The molecular formula is C90H171NO5. The molecule has 0 saturated carbocycles. The summed E-state index contributed by atoms with van der Waals surface area (Å²) in [6.45, 7) is 4.99. The molecule has 96 heavy (non-hydrogen) atoms. The molecule has 6 nitrogen and oxygen atoms in total. The Bertz CT molecular complexity index is 1600. The molecule has 0 aromatic carbocycles. The van der Waals surface area contributed by atoms with Gasteiger partial charge in [-0.3, -0.25) is 9.59 Å². The summed E-state index contributed by atoms with van der Waals surface area (Å²) in [5, 5.41) is 23.5. The van der Waals surface area contributed by atoms with E-state index in [1.165, 1.54) is 398 Å². The van der Waals surface area contributed by atoms with Gasteiger partial charge in [-0.25, -0.2) is 0 Å². The van der Waals surface area contributed by atoms with Crippen molar-refractivity contribution in [1.29, 1.82) is 0 Å². The van der Waals surface area contributed by atoms with Gasteiger partial charge in [-0.2, -0.15) is 0 Å². The van der Waals surface area contributed by atoms with Crippen LogP contribution in [0.4, 0.5) is 0 Å². The maximum atomic E-state index is 12.6. The molecule has 1 amide bonds. The minimum Gasteiger partial charge on any atom is -0.466 e. The van der Waals surface area contributed by atoms with Gasteiger partial charge in [-0.15, -0.1) is 0 Å². The molecule has 0 aromatic heterocycles. The molecule has 566 valence electrons. The molecule has 0 aromatic rings. The number of amides is 1. The number of aliphatic hydroxyl groups excluding tert-OH is 2. The number of nitrogens with one attached hydrogen (secondary N) is 1. The van der Waals surface area contributed by atoms with Crippen molar-refractivity contribution in [2.24, 2.45) is 0 Å². The number of ether oxygens (including phenoxy) is 1. The van der Waals surface area contributed by atoms with Crippen molar-refractivity contribution in [3.8, 4) is 0 Å². The maximum Gasteiger partial charge on any atom is 0.305 e. The van der Waals surface area contributed by atoms with Gasteiger partial charge in [-0.1, -0.05) is 435 Å². The number of esters is 1. The topological polar surface area (TPSA) is 95.9 Å². The molecule has 6 heteroatoms. The van der Waals surface area contributed by atoms with Gasteiger partial charge in [0.2, 0.25) is 5.91 Å². The second kappa shape index (κ2) is 85.2. The fourth-order valence-electron chi connectivity index (χ4n) is 13.9. The summed E-state index contributed by atoms with van der Waals surface area (Å²) in [6.07, 6.45) is 114. The first-order valence-corrected chi connectivity index (χ1v) is 43.9. The van der Waals surface area contributed by atoms with Crippen molar-refractivity contribution < 1.29 is 24.5 Å². The molecule has 2 unspecified atom stereocenters. The van der Waals surface area contributed by atoms with E-state index in [4.69, 9.17) is 4.74 Å². The summed E-state index contributed by atoms with van der Waals surface area (Å²) in [5.41, 5.74) is 0. The standard InChI is InChI=1S/C90H171NO5/c1-3-5-7-9-11-13-15-17-19-21-23-24-44-47-50-54-58-62-66-70-74-78-82-88(93)87(86-92)91-89(94)83-79-75-71-67-63-59-55-51-48-45-42-40-38-36-34-32-30-28-26-25-27-29-31-33-35-37-39-41-43-46-49-53-57-61-65-69-73-77-81-85-96-90(95)84-80-76-72-68-64-60-56-52-22-20-18-16-14-12-10-8-6-4-2/h14,16,20,22,25-26,29,31,87-88,92-93H,3-13,15,17-19,21,23-24,27-28,30,32-86H2,1-2H3,(H,91,94)/b16-14-,22-20-,26-25-,31-29-. The molecule has 0 aliphatic rings. The first-order valence-electron chi connectivity index (χ1n) is 43.9. The summed E-state index contributed by atoms with van der Waals surface area (Å²) in [6, 6.07) is -0.541. The third-order valence-corrected chi connectivity index (χ3v) is 20.6. The number of aliphatic hydroxyl groups is 2. The van der Waals surface area contributed by atoms with Crippen molar-refractivity contribution >= 4 is 11.9 Å². The molecule has 0 aliphatic heterocycles. The molecule has 0 bridgehead atoms. The van der Waals surface area contributed by atoms with Crippen molar-refractivity contribution in [2.75, 3.05) is 13.2 Å². The van der Waals surface area contributed by atoms with E-state index in [-0.39, 0.29) is 18.5 Å². The second-order valence-electron chi connectivity index (χ2n) is 30.2. The predicted octanol–water partition coefficient (Wildman–Crippen LogP) is 29.5. The van der Waals surface area contributed by atoms with E-state index in [9.17, 15) is 19.8 Å². The van der Waals surface area contributed by atoms with Crippen molar-refractivity contribution in [3.63, 3.8) is 0 Å². The first kappa shape index (κ1) is 93.8. The second-order valence-corrected chi connectivity index (χ2v) is 30.2. The smallest absolute Gasteiger partial charge is 0.305 e. The molecule has 2 atom stereocenters. The van der Waals surface area contributed by atoms with Crippen LogP contribution in [0.1, 0.15) is 489 Å². The van der Waals surface area contributed by atoms with Gasteiger partial charge in [-0.05, 0) is 89.9 Å². The van der Waals surface area contributed by atoms with Crippen LogP contribution in [-0.4, -0.2) is 47.4 Å². The van der Waals surface area contributed by atoms with E-state index in [1.807, 2.05) is 0 Å². The number of unbranched alkanes of at least 4 members (excludes halogenated alkanes) is 64. The lowest BCUT2D eigenvalue weighted by Gasteiger charge is -2.22. The van der Waals surface area contributed by atoms with Crippen LogP contribution < -0.4 is 5.32 Å². The minimum atomic E-state index is -0.664. The summed E-state index contributed by atoms with van der Waals surface area (Å²) in [7, 11) is 0. The monoisotopic (exact) mass is 1350 g/mol. The van der Waals surface area contributed by atoms with Gasteiger partial charge in [0.15, 0.2) is 0 Å². The van der Waals surface area contributed by atoms with E-state index in [2.05, 4.69) is 67.8 Å². The lowest BCUT2D eigenvalue weighted by atomic mass is 10.0. The Balaban J connectivity index is 3.35. The van der Waals surface area contributed by atoms with E-state index in [0.29, 0.717) is 25.9 Å². The molecule has 3 N–H and O–H groups in total. The van der Waals surface area contributed by atoms with E-state index in [1.54, 1.807) is 0 Å². The number of rotatable bonds is 83. The minimum absolute atomic E-state index is 0.0137. The molecule has 0 heterocycles. The quantitative estimate of drug-likeness (QED) is 0.0320. The lowest BCUT2D eigenvalue weighted by molar-refractivity contribution is -0.143. The Hall–Kier alpha value is -2.18. The average molecular weight is 1350 g/mol. The van der Waals surface area contributed by atoms with Gasteiger partial charge in [0.05, 0.1) is 25.4 Å². The van der Waals surface area contributed by atoms with Crippen LogP contribution >= 0.6 is 0 Å². The van der Waals surface area contributed by atoms with Crippen molar-refractivity contribution in [2.45, 2.75) is 501 Å².